The van der Waals surface area contributed by atoms with Crippen molar-refractivity contribution in [1.82, 2.24) is 0 Å². The van der Waals surface area contributed by atoms with Gasteiger partial charge in [0.25, 0.3) is 5.91 Å². The smallest absolute Gasteiger partial charge is 0.307 e. The number of ether oxygens (including phenoxy) is 1. The molecule has 1 aromatic rings. The molecule has 5 nitrogen and oxygen atoms in total. The second-order valence-corrected chi connectivity index (χ2v) is 3.77. The Morgan fingerprint density at radius 1 is 1.56 bits per heavy atom. The van der Waals surface area contributed by atoms with Crippen LogP contribution in [0.2, 0.25) is 5.02 Å². The van der Waals surface area contributed by atoms with Crippen molar-refractivity contribution >= 4 is 29.2 Å². The van der Waals surface area contributed by atoms with Gasteiger partial charge in [0.05, 0.1) is 17.1 Å². The average molecular weight is 242 g/mol. The molecule has 0 aliphatic carbocycles. The number of benzene rings is 1. The number of anilines is 1. The molecule has 0 aromatic heterocycles. The predicted molar refractivity (Wildman–Crippen MR) is 56.9 cm³/mol. The summed E-state index contributed by atoms with van der Waals surface area (Å²) in [5.41, 5.74) is 0.932. The summed E-state index contributed by atoms with van der Waals surface area (Å²) >= 11 is 5.91. The summed E-state index contributed by atoms with van der Waals surface area (Å²) in [5.74, 6) is -0.856. The lowest BCUT2D eigenvalue weighted by Gasteiger charge is -2.19. The van der Waals surface area contributed by atoms with Crippen LogP contribution in [-0.2, 0) is 16.0 Å². The van der Waals surface area contributed by atoms with Gasteiger partial charge in [-0.15, -0.1) is 0 Å². The number of carbonyl (C=O) groups is 2. The lowest BCUT2D eigenvalue weighted by Crippen LogP contribution is -2.25. The lowest BCUT2D eigenvalue weighted by molar-refractivity contribution is -0.136. The van der Waals surface area contributed by atoms with Crippen LogP contribution in [-0.4, -0.2) is 23.6 Å². The van der Waals surface area contributed by atoms with Gasteiger partial charge < -0.3 is 15.2 Å². The Labute approximate surface area is 96.0 Å². The molecule has 0 spiro atoms. The number of fused-ring (bicyclic) bond motifs is 1. The molecule has 1 aliphatic rings. The maximum atomic E-state index is 11.1. The second kappa shape index (κ2) is 4.02. The van der Waals surface area contributed by atoms with Crippen LogP contribution in [0.4, 0.5) is 5.69 Å². The fraction of sp³-hybridized carbons (Fsp3) is 0.200. The van der Waals surface area contributed by atoms with E-state index < -0.39 is 5.97 Å². The fourth-order valence-electron chi connectivity index (χ4n) is 1.49. The van der Waals surface area contributed by atoms with E-state index in [-0.39, 0.29) is 18.9 Å². The highest BCUT2D eigenvalue weighted by molar-refractivity contribution is 6.33. The minimum atomic E-state index is -0.959. The molecule has 0 saturated carbocycles. The molecule has 84 valence electrons. The third-order valence-corrected chi connectivity index (χ3v) is 2.36. The molecule has 6 heteroatoms. The predicted octanol–water partition coefficient (Wildman–Crippen LogP) is 1.30. The van der Waals surface area contributed by atoms with Gasteiger partial charge in [0.2, 0.25) is 0 Å². The minimum absolute atomic E-state index is 0.0784. The molecule has 1 aliphatic heterocycles. The summed E-state index contributed by atoms with van der Waals surface area (Å²) in [6, 6.07) is 3.07. The van der Waals surface area contributed by atoms with Gasteiger partial charge in [0.15, 0.2) is 12.4 Å². The summed E-state index contributed by atoms with van der Waals surface area (Å²) in [6.07, 6.45) is -0.150. The van der Waals surface area contributed by atoms with Gasteiger partial charge in [0, 0.05) is 0 Å². The number of hydrogen-bond donors (Lipinski definition) is 2. The highest BCUT2D eigenvalue weighted by Gasteiger charge is 2.20. The van der Waals surface area contributed by atoms with Crippen LogP contribution >= 0.6 is 11.6 Å². The highest BCUT2D eigenvalue weighted by atomic mass is 35.5. The van der Waals surface area contributed by atoms with E-state index in [4.69, 9.17) is 21.4 Å². The number of halogens is 1. The molecule has 0 bridgehead atoms. The van der Waals surface area contributed by atoms with E-state index in [2.05, 4.69) is 5.32 Å². The van der Waals surface area contributed by atoms with Gasteiger partial charge in [-0.3, -0.25) is 9.59 Å². The zero-order chi connectivity index (χ0) is 11.7. The molecule has 1 amide bonds. The standard InChI is InChI=1S/C10H8ClNO4/c11-6-1-5(3-9(14)15)2-7-10(6)16-4-8(13)12-7/h1-2H,3-4H2,(H,12,13)(H,14,15). The molecule has 2 N–H and O–H groups in total. The molecule has 1 heterocycles. The maximum Gasteiger partial charge on any atom is 0.307 e. The minimum Gasteiger partial charge on any atom is -0.481 e. The van der Waals surface area contributed by atoms with Crippen molar-refractivity contribution in [2.45, 2.75) is 6.42 Å². The Hall–Kier alpha value is -1.75. The van der Waals surface area contributed by atoms with E-state index in [9.17, 15) is 9.59 Å². The van der Waals surface area contributed by atoms with E-state index in [0.29, 0.717) is 22.0 Å². The number of aliphatic carboxylic acids is 1. The molecular formula is C10H8ClNO4. The third kappa shape index (κ3) is 2.09. The van der Waals surface area contributed by atoms with Crippen LogP contribution in [0, 0.1) is 0 Å². The Bertz CT molecular complexity index is 472. The van der Waals surface area contributed by atoms with E-state index in [0.717, 1.165) is 0 Å². The number of amides is 1. The Morgan fingerprint density at radius 2 is 2.31 bits per heavy atom. The molecule has 2 rings (SSSR count). The van der Waals surface area contributed by atoms with E-state index in [1.165, 1.54) is 6.07 Å². The molecule has 0 atom stereocenters. The number of carboxylic acid groups (broad SMARTS) is 1. The third-order valence-electron chi connectivity index (χ3n) is 2.08. The molecule has 0 radical (unpaired) electrons. The van der Waals surface area contributed by atoms with Gasteiger partial charge in [-0.25, -0.2) is 0 Å². The van der Waals surface area contributed by atoms with Gasteiger partial charge in [-0.1, -0.05) is 11.6 Å². The van der Waals surface area contributed by atoms with Crippen molar-refractivity contribution in [3.05, 3.63) is 22.7 Å². The molecule has 16 heavy (non-hydrogen) atoms. The summed E-state index contributed by atoms with van der Waals surface area (Å²) in [4.78, 5) is 21.6. The largest absolute Gasteiger partial charge is 0.481 e. The number of hydrogen-bond acceptors (Lipinski definition) is 3. The van der Waals surface area contributed by atoms with Crippen LogP contribution in [0.15, 0.2) is 12.1 Å². The van der Waals surface area contributed by atoms with E-state index in [1.54, 1.807) is 6.07 Å². The van der Waals surface area contributed by atoms with Crippen molar-refractivity contribution in [3.63, 3.8) is 0 Å². The first-order valence-corrected chi connectivity index (χ1v) is 4.91. The van der Waals surface area contributed by atoms with Crippen molar-refractivity contribution in [2.24, 2.45) is 0 Å². The van der Waals surface area contributed by atoms with Crippen LogP contribution in [0.3, 0.4) is 0 Å². The van der Waals surface area contributed by atoms with Crippen LogP contribution in [0.25, 0.3) is 0 Å². The molecular weight excluding hydrogens is 234 g/mol. The second-order valence-electron chi connectivity index (χ2n) is 3.36. The first-order chi connectivity index (χ1) is 7.56. The lowest BCUT2D eigenvalue weighted by atomic mass is 10.1. The quantitative estimate of drug-likeness (QED) is 0.818. The first-order valence-electron chi connectivity index (χ1n) is 4.53. The van der Waals surface area contributed by atoms with Gasteiger partial charge in [0.1, 0.15) is 0 Å². The van der Waals surface area contributed by atoms with E-state index >= 15 is 0 Å². The summed E-state index contributed by atoms with van der Waals surface area (Å²) in [5, 5.41) is 11.5. The maximum absolute atomic E-state index is 11.1. The summed E-state index contributed by atoms with van der Waals surface area (Å²) in [6.45, 7) is -0.0784. The number of nitrogens with one attached hydrogen (secondary N) is 1. The zero-order valence-corrected chi connectivity index (χ0v) is 8.87. The van der Waals surface area contributed by atoms with E-state index in [1.807, 2.05) is 0 Å². The highest BCUT2D eigenvalue weighted by Crippen LogP contribution is 2.36. The zero-order valence-electron chi connectivity index (χ0n) is 8.12. The van der Waals surface area contributed by atoms with Crippen molar-refractivity contribution < 1.29 is 19.4 Å². The molecule has 1 aromatic carbocycles. The van der Waals surface area contributed by atoms with Crippen molar-refractivity contribution in [3.8, 4) is 5.75 Å². The number of rotatable bonds is 2. The molecule has 0 fully saturated rings. The number of carbonyl (C=O) groups excluding carboxylic acids is 1. The van der Waals surface area contributed by atoms with Crippen LogP contribution in [0.1, 0.15) is 5.56 Å². The Balaban J connectivity index is 2.39. The SMILES string of the molecule is O=C(O)Cc1cc(Cl)c2c(c1)NC(=O)CO2. The Kier molecular flexibility index (Phi) is 2.70. The monoisotopic (exact) mass is 241 g/mol. The van der Waals surface area contributed by atoms with Crippen LogP contribution < -0.4 is 10.1 Å². The van der Waals surface area contributed by atoms with Gasteiger partial charge in [-0.2, -0.15) is 0 Å². The normalized spacial score (nSPS) is 13.7. The van der Waals surface area contributed by atoms with Gasteiger partial charge in [-0.05, 0) is 17.7 Å². The topological polar surface area (TPSA) is 75.6 Å². The van der Waals surface area contributed by atoms with Crippen molar-refractivity contribution in [1.29, 1.82) is 0 Å². The van der Waals surface area contributed by atoms with Gasteiger partial charge >= 0.3 is 5.97 Å². The number of carboxylic acids is 1. The average Bonchev–Trinajstić information content (AvgIpc) is 2.15. The summed E-state index contributed by atoms with van der Waals surface area (Å²) in [7, 11) is 0. The molecule has 0 unspecified atom stereocenters. The summed E-state index contributed by atoms with van der Waals surface area (Å²) < 4.78 is 5.14. The fourth-order valence-corrected chi connectivity index (χ4v) is 1.79. The Morgan fingerprint density at radius 3 is 3.00 bits per heavy atom. The first kappa shape index (κ1) is 10.8. The molecule has 0 saturated heterocycles. The van der Waals surface area contributed by atoms with Crippen LogP contribution in [0.5, 0.6) is 5.75 Å². The van der Waals surface area contributed by atoms with Crippen molar-refractivity contribution in [2.75, 3.05) is 11.9 Å².